The van der Waals surface area contributed by atoms with E-state index in [2.05, 4.69) is 36.5 Å². The highest BCUT2D eigenvalue weighted by Crippen LogP contribution is 2.28. The van der Waals surface area contributed by atoms with Crippen molar-refractivity contribution in [2.45, 2.75) is 29.9 Å². The SMILES string of the molecule is Cc1cc(Sc2ncccn2)ccc1NC(=O)N[C@@H](C)c1cccc(Br)c1. The van der Waals surface area contributed by atoms with Crippen molar-refractivity contribution in [2.75, 3.05) is 5.32 Å². The Bertz CT molecular complexity index is 936. The number of anilines is 1. The van der Waals surface area contributed by atoms with Crippen LogP contribution < -0.4 is 10.6 Å². The number of nitrogens with one attached hydrogen (secondary N) is 2. The molecule has 138 valence electrons. The molecule has 0 saturated heterocycles. The van der Waals surface area contributed by atoms with Gasteiger partial charge in [-0.25, -0.2) is 14.8 Å². The summed E-state index contributed by atoms with van der Waals surface area (Å²) < 4.78 is 0.986. The van der Waals surface area contributed by atoms with Gasteiger partial charge in [0.25, 0.3) is 0 Å². The van der Waals surface area contributed by atoms with E-state index in [0.29, 0.717) is 5.16 Å². The third-order valence-electron chi connectivity index (χ3n) is 3.89. The quantitative estimate of drug-likeness (QED) is 0.505. The molecule has 0 bridgehead atoms. The maximum Gasteiger partial charge on any atom is 0.319 e. The number of hydrogen-bond donors (Lipinski definition) is 2. The van der Waals surface area contributed by atoms with E-state index in [1.165, 1.54) is 11.8 Å². The molecule has 0 fully saturated rings. The third-order valence-corrected chi connectivity index (χ3v) is 5.27. The van der Waals surface area contributed by atoms with Gasteiger partial charge in [-0.3, -0.25) is 0 Å². The number of carbonyl (C=O) groups excluding carboxylic acids is 1. The Morgan fingerprint density at radius 1 is 1.11 bits per heavy atom. The number of benzene rings is 2. The van der Waals surface area contributed by atoms with Crippen molar-refractivity contribution in [1.82, 2.24) is 15.3 Å². The molecule has 1 aromatic heterocycles. The minimum atomic E-state index is -0.239. The summed E-state index contributed by atoms with van der Waals surface area (Å²) in [7, 11) is 0. The van der Waals surface area contributed by atoms with Crippen LogP contribution in [0.3, 0.4) is 0 Å². The Labute approximate surface area is 171 Å². The highest BCUT2D eigenvalue weighted by atomic mass is 79.9. The van der Waals surface area contributed by atoms with Crippen LogP contribution in [-0.4, -0.2) is 16.0 Å². The summed E-state index contributed by atoms with van der Waals surface area (Å²) in [6.45, 7) is 3.91. The molecule has 3 aromatic rings. The molecule has 0 unspecified atom stereocenters. The predicted molar refractivity (Wildman–Crippen MR) is 112 cm³/mol. The summed E-state index contributed by atoms with van der Waals surface area (Å²) >= 11 is 4.93. The first kappa shape index (κ1) is 19.4. The van der Waals surface area contributed by atoms with Crippen LogP contribution in [0.25, 0.3) is 0 Å². The maximum absolute atomic E-state index is 12.4. The van der Waals surface area contributed by atoms with Crippen LogP contribution in [0.1, 0.15) is 24.1 Å². The van der Waals surface area contributed by atoms with Crippen molar-refractivity contribution in [3.05, 3.63) is 76.5 Å². The molecule has 5 nitrogen and oxygen atoms in total. The second-order valence-electron chi connectivity index (χ2n) is 5.99. The molecular weight excluding hydrogens is 424 g/mol. The number of urea groups is 1. The molecule has 2 N–H and O–H groups in total. The second kappa shape index (κ2) is 9.01. The van der Waals surface area contributed by atoms with Crippen molar-refractivity contribution in [3.8, 4) is 0 Å². The Balaban J connectivity index is 1.62. The average molecular weight is 443 g/mol. The Kier molecular flexibility index (Phi) is 6.47. The molecule has 0 aliphatic heterocycles. The zero-order chi connectivity index (χ0) is 19.2. The topological polar surface area (TPSA) is 66.9 Å². The van der Waals surface area contributed by atoms with Crippen LogP contribution in [0.5, 0.6) is 0 Å². The van der Waals surface area contributed by atoms with Crippen molar-refractivity contribution in [2.24, 2.45) is 0 Å². The molecule has 27 heavy (non-hydrogen) atoms. The molecule has 0 radical (unpaired) electrons. The third kappa shape index (κ3) is 5.55. The number of rotatable bonds is 5. The Morgan fingerprint density at radius 2 is 1.89 bits per heavy atom. The summed E-state index contributed by atoms with van der Waals surface area (Å²) in [5.74, 6) is 0. The number of hydrogen-bond acceptors (Lipinski definition) is 4. The lowest BCUT2D eigenvalue weighted by Gasteiger charge is -2.16. The first-order valence-corrected chi connectivity index (χ1v) is 10.0. The van der Waals surface area contributed by atoms with Crippen LogP contribution in [0.4, 0.5) is 10.5 Å². The summed E-state index contributed by atoms with van der Waals surface area (Å²) in [6.07, 6.45) is 3.43. The molecule has 7 heteroatoms. The molecule has 1 heterocycles. The monoisotopic (exact) mass is 442 g/mol. The minimum absolute atomic E-state index is 0.104. The van der Waals surface area contributed by atoms with Gasteiger partial charge in [-0.05, 0) is 73.1 Å². The largest absolute Gasteiger partial charge is 0.331 e. The van der Waals surface area contributed by atoms with Crippen molar-refractivity contribution >= 4 is 39.4 Å². The van der Waals surface area contributed by atoms with Gasteiger partial charge in [0.05, 0.1) is 6.04 Å². The zero-order valence-electron chi connectivity index (χ0n) is 14.9. The molecular formula is C20H19BrN4OS. The van der Waals surface area contributed by atoms with E-state index >= 15 is 0 Å². The summed E-state index contributed by atoms with van der Waals surface area (Å²) in [4.78, 5) is 21.8. The summed E-state index contributed by atoms with van der Waals surface area (Å²) in [6, 6.07) is 15.2. The Hall–Kier alpha value is -2.38. The summed E-state index contributed by atoms with van der Waals surface area (Å²) in [5, 5.41) is 6.56. The molecule has 0 aliphatic carbocycles. The average Bonchev–Trinajstić information content (AvgIpc) is 2.65. The Morgan fingerprint density at radius 3 is 2.59 bits per heavy atom. The van der Waals surface area contributed by atoms with E-state index in [9.17, 15) is 4.79 Å². The molecule has 0 saturated carbocycles. The number of amides is 2. The van der Waals surface area contributed by atoms with E-state index in [0.717, 1.165) is 26.2 Å². The molecule has 0 spiro atoms. The van der Waals surface area contributed by atoms with Crippen molar-refractivity contribution in [1.29, 1.82) is 0 Å². The van der Waals surface area contributed by atoms with E-state index in [1.54, 1.807) is 18.5 Å². The predicted octanol–water partition coefficient (Wildman–Crippen LogP) is 5.58. The summed E-state index contributed by atoms with van der Waals surface area (Å²) in [5.41, 5.74) is 2.78. The molecule has 3 rings (SSSR count). The maximum atomic E-state index is 12.4. The molecule has 0 aliphatic rings. The van der Waals surface area contributed by atoms with Crippen LogP contribution in [0.15, 0.2) is 75.4 Å². The zero-order valence-corrected chi connectivity index (χ0v) is 17.3. The number of carbonyl (C=O) groups is 1. The number of aromatic nitrogens is 2. The van der Waals surface area contributed by atoms with E-state index in [4.69, 9.17) is 0 Å². The van der Waals surface area contributed by atoms with E-state index in [-0.39, 0.29) is 12.1 Å². The standard InChI is InChI=1S/C20H19BrN4OS/c1-13-11-17(27-20-22-9-4-10-23-20)7-8-18(13)25-19(26)24-14(2)15-5-3-6-16(21)12-15/h3-12,14H,1-2H3,(H2,24,25,26)/t14-/m0/s1. The van der Waals surface area contributed by atoms with Crippen LogP contribution in [0, 0.1) is 6.92 Å². The smallest absolute Gasteiger partial charge is 0.319 e. The van der Waals surface area contributed by atoms with Crippen LogP contribution >= 0.6 is 27.7 Å². The number of aryl methyl sites for hydroxylation is 1. The number of halogens is 1. The fourth-order valence-corrected chi connectivity index (χ4v) is 3.72. The first-order chi connectivity index (χ1) is 13.0. The molecule has 2 amide bonds. The first-order valence-electron chi connectivity index (χ1n) is 8.40. The highest BCUT2D eigenvalue weighted by Gasteiger charge is 2.11. The van der Waals surface area contributed by atoms with E-state index in [1.807, 2.05) is 56.3 Å². The molecule has 1 atom stereocenters. The highest BCUT2D eigenvalue weighted by molar-refractivity contribution is 9.10. The fraction of sp³-hybridized carbons (Fsp3) is 0.150. The second-order valence-corrected chi connectivity index (χ2v) is 7.94. The fourth-order valence-electron chi connectivity index (χ4n) is 2.50. The number of nitrogens with zero attached hydrogens (tertiary/aromatic N) is 2. The van der Waals surface area contributed by atoms with Gasteiger partial charge in [0.1, 0.15) is 0 Å². The van der Waals surface area contributed by atoms with Crippen molar-refractivity contribution < 1.29 is 4.79 Å². The molecule has 2 aromatic carbocycles. The van der Waals surface area contributed by atoms with Gasteiger partial charge in [0.2, 0.25) is 0 Å². The lowest BCUT2D eigenvalue weighted by Crippen LogP contribution is -2.31. The van der Waals surface area contributed by atoms with Crippen LogP contribution in [-0.2, 0) is 0 Å². The lowest BCUT2D eigenvalue weighted by atomic mass is 10.1. The van der Waals surface area contributed by atoms with Gasteiger partial charge in [-0.1, -0.05) is 28.1 Å². The normalized spacial score (nSPS) is 11.7. The van der Waals surface area contributed by atoms with Crippen molar-refractivity contribution in [3.63, 3.8) is 0 Å². The van der Waals surface area contributed by atoms with E-state index < -0.39 is 0 Å². The van der Waals surface area contributed by atoms with Gasteiger partial charge < -0.3 is 10.6 Å². The minimum Gasteiger partial charge on any atom is -0.331 e. The lowest BCUT2D eigenvalue weighted by molar-refractivity contribution is 0.249. The van der Waals surface area contributed by atoms with Gasteiger partial charge in [0.15, 0.2) is 5.16 Å². The van der Waals surface area contributed by atoms with Crippen LogP contribution in [0.2, 0.25) is 0 Å². The van der Waals surface area contributed by atoms with Gasteiger partial charge in [-0.15, -0.1) is 0 Å². The van der Waals surface area contributed by atoms with Gasteiger partial charge in [-0.2, -0.15) is 0 Å². The van der Waals surface area contributed by atoms with Gasteiger partial charge in [0, 0.05) is 27.4 Å². The van der Waals surface area contributed by atoms with Gasteiger partial charge >= 0.3 is 6.03 Å².